The van der Waals surface area contributed by atoms with Crippen molar-refractivity contribution in [2.24, 2.45) is 5.73 Å². The van der Waals surface area contributed by atoms with Gasteiger partial charge in [-0.3, -0.25) is 10.1 Å². The highest BCUT2D eigenvalue weighted by molar-refractivity contribution is 5.94. The van der Waals surface area contributed by atoms with E-state index in [0.29, 0.717) is 0 Å². The number of hydrogen-bond donors (Lipinski definition) is 2. The molecular formula is C4H5N3O2. The van der Waals surface area contributed by atoms with Crippen molar-refractivity contribution in [1.29, 1.82) is 5.26 Å². The van der Waals surface area contributed by atoms with Crippen LogP contribution in [-0.2, 0) is 4.79 Å². The van der Waals surface area contributed by atoms with Gasteiger partial charge < -0.3 is 5.73 Å². The minimum absolute atomic E-state index is 0.344. The fourth-order valence-electron chi connectivity index (χ4n) is 0.253. The quantitative estimate of drug-likeness (QED) is 0.477. The molecule has 3 amide bonds. The summed E-state index contributed by atoms with van der Waals surface area (Å²) in [6.45, 7) is 0. The molecule has 5 heteroatoms. The van der Waals surface area contributed by atoms with Crippen LogP contribution < -0.4 is 11.1 Å². The summed E-state index contributed by atoms with van der Waals surface area (Å²) in [6, 6.07) is 0.618. The Labute approximate surface area is 51.4 Å². The molecular weight excluding hydrogens is 122 g/mol. The molecule has 0 saturated carbocycles. The Hall–Kier alpha value is -1.57. The normalized spacial score (nSPS) is 7.44. The topological polar surface area (TPSA) is 96.0 Å². The number of carbonyl (C=O) groups excluding carboxylic acids is 2. The van der Waals surface area contributed by atoms with Gasteiger partial charge in [0.15, 0.2) is 0 Å². The third-order valence-corrected chi connectivity index (χ3v) is 0.502. The number of nitriles is 1. The zero-order valence-electron chi connectivity index (χ0n) is 4.55. The van der Waals surface area contributed by atoms with Gasteiger partial charge in [0, 0.05) is 0 Å². The van der Waals surface area contributed by atoms with E-state index in [1.54, 1.807) is 11.4 Å². The molecule has 0 aliphatic rings. The van der Waals surface area contributed by atoms with Crippen molar-refractivity contribution >= 4 is 11.9 Å². The maximum Gasteiger partial charge on any atom is 0.318 e. The molecule has 0 aliphatic carbocycles. The van der Waals surface area contributed by atoms with Crippen LogP contribution in [0.25, 0.3) is 0 Å². The van der Waals surface area contributed by atoms with Crippen molar-refractivity contribution in [2.75, 3.05) is 0 Å². The summed E-state index contributed by atoms with van der Waals surface area (Å²) in [7, 11) is 0. The van der Waals surface area contributed by atoms with Gasteiger partial charge in [0.1, 0.15) is 6.42 Å². The number of hydrogen-bond acceptors (Lipinski definition) is 3. The molecule has 0 aliphatic heterocycles. The molecule has 0 heterocycles. The van der Waals surface area contributed by atoms with Crippen LogP contribution in [0.5, 0.6) is 0 Å². The number of nitrogens with two attached hydrogens (primary N) is 1. The highest BCUT2D eigenvalue weighted by atomic mass is 16.2. The molecule has 0 bridgehead atoms. The van der Waals surface area contributed by atoms with Crippen LogP contribution in [0.4, 0.5) is 4.79 Å². The van der Waals surface area contributed by atoms with E-state index in [1.165, 1.54) is 0 Å². The zero-order valence-corrected chi connectivity index (χ0v) is 4.55. The van der Waals surface area contributed by atoms with Gasteiger partial charge in [0.25, 0.3) is 0 Å². The minimum Gasteiger partial charge on any atom is -0.351 e. The lowest BCUT2D eigenvalue weighted by molar-refractivity contribution is -0.119. The van der Waals surface area contributed by atoms with Gasteiger partial charge in [-0.25, -0.2) is 4.79 Å². The third kappa shape index (κ3) is 4.28. The lowest BCUT2D eigenvalue weighted by Crippen LogP contribution is -2.34. The van der Waals surface area contributed by atoms with Gasteiger partial charge in [-0.05, 0) is 0 Å². The van der Waals surface area contributed by atoms with Gasteiger partial charge in [0.2, 0.25) is 5.91 Å². The number of urea groups is 1. The Kier molecular flexibility index (Phi) is 2.84. The smallest absolute Gasteiger partial charge is 0.318 e. The second-order valence-corrected chi connectivity index (χ2v) is 1.25. The number of primary amides is 1. The molecule has 0 aromatic heterocycles. The molecule has 0 radical (unpaired) electrons. The second kappa shape index (κ2) is 3.43. The molecule has 0 unspecified atom stereocenters. The number of nitrogens with zero attached hydrogens (tertiary/aromatic N) is 1. The lowest BCUT2D eigenvalue weighted by Gasteiger charge is -1.91. The van der Waals surface area contributed by atoms with Gasteiger partial charge in [-0.2, -0.15) is 5.26 Å². The monoisotopic (exact) mass is 127 g/mol. The highest BCUT2D eigenvalue weighted by Crippen LogP contribution is 1.72. The molecule has 0 aromatic rings. The summed E-state index contributed by atoms with van der Waals surface area (Å²) >= 11 is 0. The maximum absolute atomic E-state index is 10.2. The summed E-state index contributed by atoms with van der Waals surface area (Å²) in [4.78, 5) is 20.1. The number of amides is 3. The first-order chi connectivity index (χ1) is 4.16. The van der Waals surface area contributed by atoms with Crippen LogP contribution in [0, 0.1) is 11.3 Å². The lowest BCUT2D eigenvalue weighted by atomic mass is 10.4. The summed E-state index contributed by atoms with van der Waals surface area (Å²) in [6.07, 6.45) is -0.344. The first-order valence-electron chi connectivity index (χ1n) is 2.13. The fraction of sp³-hybridized carbons (Fsp3) is 0.250. The van der Waals surface area contributed by atoms with Crippen LogP contribution in [0.3, 0.4) is 0 Å². The van der Waals surface area contributed by atoms with Gasteiger partial charge in [-0.1, -0.05) is 0 Å². The van der Waals surface area contributed by atoms with Crippen LogP contribution in [0.2, 0.25) is 0 Å². The van der Waals surface area contributed by atoms with E-state index in [9.17, 15) is 9.59 Å². The van der Waals surface area contributed by atoms with Gasteiger partial charge >= 0.3 is 6.03 Å². The maximum atomic E-state index is 10.2. The molecule has 0 spiro atoms. The van der Waals surface area contributed by atoms with Crippen LogP contribution in [0.15, 0.2) is 0 Å². The Balaban J connectivity index is 3.54. The van der Waals surface area contributed by atoms with E-state index in [0.717, 1.165) is 0 Å². The number of rotatable bonds is 1. The molecule has 5 nitrogen and oxygen atoms in total. The van der Waals surface area contributed by atoms with Gasteiger partial charge in [0.05, 0.1) is 6.07 Å². The van der Waals surface area contributed by atoms with E-state index in [2.05, 4.69) is 5.73 Å². The molecule has 0 aromatic carbocycles. The van der Waals surface area contributed by atoms with Crippen molar-refractivity contribution in [1.82, 2.24) is 5.32 Å². The fourth-order valence-corrected chi connectivity index (χ4v) is 0.253. The van der Waals surface area contributed by atoms with Crippen LogP contribution in [-0.4, -0.2) is 11.9 Å². The highest BCUT2D eigenvalue weighted by Gasteiger charge is 2.00. The largest absolute Gasteiger partial charge is 0.351 e. The third-order valence-electron chi connectivity index (χ3n) is 0.502. The van der Waals surface area contributed by atoms with E-state index in [-0.39, 0.29) is 6.42 Å². The summed E-state index contributed by atoms with van der Waals surface area (Å²) in [5.41, 5.74) is 4.54. The van der Waals surface area contributed by atoms with E-state index >= 15 is 0 Å². The van der Waals surface area contributed by atoms with Crippen molar-refractivity contribution in [3.63, 3.8) is 0 Å². The van der Waals surface area contributed by atoms with Gasteiger partial charge in [-0.15, -0.1) is 0 Å². The summed E-state index contributed by atoms with van der Waals surface area (Å²) in [5, 5.41) is 9.61. The molecule has 0 saturated heterocycles. The standard InChI is InChI=1S/C4H5N3O2/c5-2-1-3(8)7-4(6)9/h1H2,(H3,6,7,8,9). The van der Waals surface area contributed by atoms with Crippen molar-refractivity contribution < 1.29 is 9.59 Å². The predicted octanol–water partition coefficient (Wildman–Crippen LogP) is -0.905. The molecule has 3 N–H and O–H groups in total. The SMILES string of the molecule is N#CCC(=O)NC(N)=O. The molecule has 0 rings (SSSR count). The first-order valence-corrected chi connectivity index (χ1v) is 2.13. The van der Waals surface area contributed by atoms with Crippen molar-refractivity contribution in [3.05, 3.63) is 0 Å². The summed E-state index contributed by atoms with van der Waals surface area (Å²) < 4.78 is 0. The first kappa shape index (κ1) is 7.43. The van der Waals surface area contributed by atoms with E-state index in [4.69, 9.17) is 5.26 Å². The predicted molar refractivity (Wildman–Crippen MR) is 28.0 cm³/mol. The van der Waals surface area contributed by atoms with Crippen molar-refractivity contribution in [2.45, 2.75) is 6.42 Å². The average molecular weight is 127 g/mol. The van der Waals surface area contributed by atoms with Crippen LogP contribution in [0.1, 0.15) is 6.42 Å². The second-order valence-electron chi connectivity index (χ2n) is 1.25. The molecule has 9 heavy (non-hydrogen) atoms. The number of nitrogens with one attached hydrogen (secondary N) is 1. The minimum atomic E-state index is -0.935. The molecule has 48 valence electrons. The molecule has 0 atom stereocenters. The number of imide groups is 1. The van der Waals surface area contributed by atoms with Crippen LogP contribution >= 0.6 is 0 Å². The van der Waals surface area contributed by atoms with E-state index in [1.807, 2.05) is 0 Å². The van der Waals surface area contributed by atoms with Crippen molar-refractivity contribution in [3.8, 4) is 6.07 Å². The summed E-state index contributed by atoms with van der Waals surface area (Å²) in [5.74, 6) is -0.676. The Morgan fingerprint density at radius 3 is 2.56 bits per heavy atom. The Morgan fingerprint density at radius 2 is 2.22 bits per heavy atom. The van der Waals surface area contributed by atoms with E-state index < -0.39 is 11.9 Å². The Morgan fingerprint density at radius 1 is 1.67 bits per heavy atom. The number of carbonyl (C=O) groups is 2. The zero-order chi connectivity index (χ0) is 7.28. The molecule has 0 fully saturated rings. The average Bonchev–Trinajstić information content (AvgIpc) is 1.63. The Bertz CT molecular complexity index is 169.